The van der Waals surface area contributed by atoms with Crippen molar-refractivity contribution in [2.45, 2.75) is 13.5 Å². The molecule has 0 spiro atoms. The van der Waals surface area contributed by atoms with E-state index in [2.05, 4.69) is 20.6 Å². The number of nitrogens with zero attached hydrogens (tertiary/aromatic N) is 2. The number of benzene rings is 2. The number of aryl methyl sites for hydroxylation is 1. The smallest absolute Gasteiger partial charge is 0.232 e. The lowest BCUT2D eigenvalue weighted by atomic mass is 10.2. The van der Waals surface area contributed by atoms with Crippen LogP contribution in [0.4, 0.5) is 5.95 Å². The number of halogens is 1. The highest BCUT2D eigenvalue weighted by Crippen LogP contribution is 2.24. The minimum atomic E-state index is 0.352. The van der Waals surface area contributed by atoms with Gasteiger partial charge in [0.05, 0.1) is 6.54 Å². The summed E-state index contributed by atoms with van der Waals surface area (Å²) in [5.74, 6) is 2.98. The van der Waals surface area contributed by atoms with Gasteiger partial charge in [-0.15, -0.1) is 0 Å². The van der Waals surface area contributed by atoms with E-state index in [9.17, 15) is 0 Å². The Balaban J connectivity index is 1.35. The number of anilines is 1. The van der Waals surface area contributed by atoms with E-state index in [0.717, 1.165) is 22.8 Å². The summed E-state index contributed by atoms with van der Waals surface area (Å²) in [5.41, 5.74) is 1.71. The van der Waals surface area contributed by atoms with Gasteiger partial charge < -0.3 is 19.8 Å². The monoisotopic (exact) mass is 450 g/mol. The van der Waals surface area contributed by atoms with Crippen LogP contribution in [0.5, 0.6) is 11.6 Å². The molecule has 0 unspecified atom stereocenters. The standard InChI is InChI=1S/C23H19ClN4O2S/c1-15-13-21(30-18-5-3-2-4-6-18)27-22(26-15)28-23(31)25-14-19-11-12-20(29-19)16-7-9-17(24)10-8-16/h2-13H,14H2,1H3,(H2,25,26,27,28,31). The Morgan fingerprint density at radius 3 is 2.58 bits per heavy atom. The first-order valence-electron chi connectivity index (χ1n) is 9.53. The molecule has 6 nitrogen and oxygen atoms in total. The van der Waals surface area contributed by atoms with Crippen molar-refractivity contribution in [3.63, 3.8) is 0 Å². The second-order valence-electron chi connectivity index (χ2n) is 6.67. The van der Waals surface area contributed by atoms with Crippen LogP contribution in [-0.4, -0.2) is 15.1 Å². The van der Waals surface area contributed by atoms with Crippen LogP contribution >= 0.6 is 23.8 Å². The molecule has 2 N–H and O–H groups in total. The number of hydrogen-bond donors (Lipinski definition) is 2. The zero-order valence-corrected chi connectivity index (χ0v) is 18.2. The molecule has 2 heterocycles. The molecule has 0 radical (unpaired) electrons. The van der Waals surface area contributed by atoms with Gasteiger partial charge in [-0.25, -0.2) is 4.98 Å². The second kappa shape index (κ2) is 9.59. The first-order chi connectivity index (χ1) is 15.0. The summed E-state index contributed by atoms with van der Waals surface area (Å²) in [6, 6.07) is 22.5. The average molecular weight is 451 g/mol. The summed E-state index contributed by atoms with van der Waals surface area (Å²) < 4.78 is 11.7. The van der Waals surface area contributed by atoms with Crippen LogP contribution in [0.25, 0.3) is 11.3 Å². The maximum Gasteiger partial charge on any atom is 0.232 e. The molecule has 156 valence electrons. The summed E-state index contributed by atoms with van der Waals surface area (Å²) in [4.78, 5) is 8.73. The van der Waals surface area contributed by atoms with Gasteiger partial charge in [0, 0.05) is 22.3 Å². The van der Waals surface area contributed by atoms with Gasteiger partial charge >= 0.3 is 0 Å². The number of thiocarbonyl (C=S) groups is 1. The molecule has 0 bridgehead atoms. The van der Waals surface area contributed by atoms with E-state index < -0.39 is 0 Å². The van der Waals surface area contributed by atoms with Crippen molar-refractivity contribution in [3.8, 4) is 23.0 Å². The Morgan fingerprint density at radius 1 is 1.03 bits per heavy atom. The Labute approximate surface area is 190 Å². The van der Waals surface area contributed by atoms with Crippen molar-refractivity contribution < 1.29 is 9.15 Å². The molecule has 0 amide bonds. The molecule has 0 saturated carbocycles. The second-order valence-corrected chi connectivity index (χ2v) is 7.51. The minimum Gasteiger partial charge on any atom is -0.459 e. The van der Waals surface area contributed by atoms with Crippen LogP contribution in [0, 0.1) is 6.92 Å². The third kappa shape index (κ3) is 5.81. The van der Waals surface area contributed by atoms with Gasteiger partial charge in [-0.05, 0) is 67.7 Å². The number of nitrogens with one attached hydrogen (secondary N) is 2. The molecule has 2 aromatic heterocycles. The Morgan fingerprint density at radius 2 is 1.81 bits per heavy atom. The summed E-state index contributed by atoms with van der Waals surface area (Å²) in [6.45, 7) is 2.28. The van der Waals surface area contributed by atoms with Gasteiger partial charge in [-0.2, -0.15) is 4.98 Å². The first kappa shape index (κ1) is 20.8. The molecule has 31 heavy (non-hydrogen) atoms. The fourth-order valence-electron chi connectivity index (χ4n) is 2.81. The summed E-state index contributed by atoms with van der Waals surface area (Å²) in [6.07, 6.45) is 0. The summed E-state index contributed by atoms with van der Waals surface area (Å²) >= 11 is 11.3. The molecule has 0 atom stereocenters. The van der Waals surface area contributed by atoms with Crippen molar-refractivity contribution in [1.29, 1.82) is 0 Å². The van der Waals surface area contributed by atoms with E-state index in [-0.39, 0.29) is 0 Å². The molecule has 8 heteroatoms. The molecule has 4 rings (SSSR count). The van der Waals surface area contributed by atoms with Crippen molar-refractivity contribution in [2.75, 3.05) is 5.32 Å². The number of hydrogen-bond acceptors (Lipinski definition) is 5. The van der Waals surface area contributed by atoms with Gasteiger partial charge in [0.2, 0.25) is 11.8 Å². The molecule has 0 fully saturated rings. The van der Waals surface area contributed by atoms with Gasteiger partial charge in [0.25, 0.3) is 0 Å². The maximum absolute atomic E-state index is 5.94. The highest BCUT2D eigenvalue weighted by atomic mass is 35.5. The van der Waals surface area contributed by atoms with Crippen LogP contribution in [0.2, 0.25) is 5.02 Å². The van der Waals surface area contributed by atoms with Crippen LogP contribution < -0.4 is 15.4 Å². The zero-order chi connectivity index (χ0) is 21.6. The van der Waals surface area contributed by atoms with E-state index >= 15 is 0 Å². The predicted molar refractivity (Wildman–Crippen MR) is 125 cm³/mol. The molecule has 4 aromatic rings. The molecule has 0 aliphatic rings. The molecular formula is C23H19ClN4O2S. The third-order valence-corrected chi connectivity index (χ3v) is 4.73. The predicted octanol–water partition coefficient (Wildman–Crippen LogP) is 5.98. The van der Waals surface area contributed by atoms with Gasteiger partial charge in [0.15, 0.2) is 5.11 Å². The molecule has 2 aromatic carbocycles. The van der Waals surface area contributed by atoms with E-state index in [1.54, 1.807) is 6.07 Å². The summed E-state index contributed by atoms with van der Waals surface area (Å²) in [7, 11) is 0. The SMILES string of the molecule is Cc1cc(Oc2ccccc2)nc(NC(=S)NCc2ccc(-c3ccc(Cl)cc3)o2)n1. The fraction of sp³-hybridized carbons (Fsp3) is 0.0870. The third-order valence-electron chi connectivity index (χ3n) is 4.24. The van der Waals surface area contributed by atoms with Crippen LogP contribution in [0.1, 0.15) is 11.5 Å². The van der Waals surface area contributed by atoms with Crippen molar-refractivity contribution in [1.82, 2.24) is 15.3 Å². The van der Waals surface area contributed by atoms with Crippen molar-refractivity contribution in [2.24, 2.45) is 0 Å². The van der Waals surface area contributed by atoms with Crippen LogP contribution in [0.15, 0.2) is 77.2 Å². The van der Waals surface area contributed by atoms with E-state index in [0.29, 0.717) is 34.3 Å². The van der Waals surface area contributed by atoms with Gasteiger partial charge in [0.1, 0.15) is 17.3 Å². The Bertz CT molecular complexity index is 1180. The fourth-order valence-corrected chi connectivity index (χ4v) is 3.10. The van der Waals surface area contributed by atoms with Gasteiger partial charge in [-0.1, -0.05) is 29.8 Å². The first-order valence-corrected chi connectivity index (χ1v) is 10.3. The number of ether oxygens (including phenoxy) is 1. The van der Waals surface area contributed by atoms with Crippen LogP contribution in [0.3, 0.4) is 0 Å². The number of para-hydroxylation sites is 1. The quantitative estimate of drug-likeness (QED) is 0.350. The normalized spacial score (nSPS) is 10.5. The molecule has 0 aliphatic carbocycles. The Kier molecular flexibility index (Phi) is 6.45. The van der Waals surface area contributed by atoms with E-state index in [1.165, 1.54) is 0 Å². The van der Waals surface area contributed by atoms with E-state index in [1.807, 2.05) is 73.7 Å². The van der Waals surface area contributed by atoms with Gasteiger partial charge in [-0.3, -0.25) is 0 Å². The number of aromatic nitrogens is 2. The number of furan rings is 1. The minimum absolute atomic E-state index is 0.352. The lowest BCUT2D eigenvalue weighted by Gasteiger charge is -2.11. The van der Waals surface area contributed by atoms with Crippen molar-refractivity contribution >= 4 is 34.9 Å². The largest absolute Gasteiger partial charge is 0.459 e. The van der Waals surface area contributed by atoms with Crippen LogP contribution in [-0.2, 0) is 6.54 Å². The molecule has 0 aliphatic heterocycles. The molecule has 0 saturated heterocycles. The average Bonchev–Trinajstić information content (AvgIpc) is 3.22. The Hall–Kier alpha value is -3.42. The highest BCUT2D eigenvalue weighted by molar-refractivity contribution is 7.80. The maximum atomic E-state index is 5.94. The van der Waals surface area contributed by atoms with E-state index in [4.69, 9.17) is 33.0 Å². The summed E-state index contributed by atoms with van der Waals surface area (Å²) in [5, 5.41) is 7.14. The lowest BCUT2D eigenvalue weighted by molar-refractivity contribution is 0.462. The highest BCUT2D eigenvalue weighted by Gasteiger charge is 2.08. The van der Waals surface area contributed by atoms with Crippen molar-refractivity contribution in [3.05, 3.63) is 89.3 Å². The number of rotatable bonds is 6. The topological polar surface area (TPSA) is 72.2 Å². The lowest BCUT2D eigenvalue weighted by Crippen LogP contribution is -2.28. The molecular weight excluding hydrogens is 432 g/mol. The zero-order valence-electron chi connectivity index (χ0n) is 16.6.